The van der Waals surface area contributed by atoms with E-state index in [0.29, 0.717) is 13.0 Å². The third-order valence-corrected chi connectivity index (χ3v) is 3.04. The number of methoxy groups -OCH3 is 1. The minimum Gasteiger partial charge on any atom is -0.496 e. The van der Waals surface area contributed by atoms with Crippen LogP contribution in [0.15, 0.2) is 12.1 Å². The first-order valence-corrected chi connectivity index (χ1v) is 6.64. The predicted octanol–water partition coefficient (Wildman–Crippen LogP) is 1.93. The van der Waals surface area contributed by atoms with E-state index < -0.39 is 0 Å². The largest absolute Gasteiger partial charge is 0.496 e. The highest BCUT2D eigenvalue weighted by atomic mass is 16.5. The van der Waals surface area contributed by atoms with Gasteiger partial charge in [-0.3, -0.25) is 4.79 Å². The number of amides is 1. The molecule has 0 aliphatic heterocycles. The number of aryl methyl sites for hydroxylation is 2. The molecule has 0 saturated heterocycles. The van der Waals surface area contributed by atoms with E-state index in [1.165, 1.54) is 0 Å². The summed E-state index contributed by atoms with van der Waals surface area (Å²) in [6.45, 7) is 5.48. The van der Waals surface area contributed by atoms with Crippen molar-refractivity contribution in [2.24, 2.45) is 0 Å². The van der Waals surface area contributed by atoms with Gasteiger partial charge in [-0.05, 0) is 50.6 Å². The van der Waals surface area contributed by atoms with Crippen LogP contribution in [0.5, 0.6) is 5.75 Å². The Bertz CT molecular complexity index is 407. The standard InChI is InChI=1S/C15H24N2O2/c1-11-8-13(9-12(2)15(11)19-4)10-17-14(18)6-5-7-16-3/h8-9,16H,5-7,10H2,1-4H3,(H,17,18). The molecule has 0 saturated carbocycles. The Balaban J connectivity index is 2.52. The molecule has 106 valence electrons. The van der Waals surface area contributed by atoms with Gasteiger partial charge in [-0.25, -0.2) is 0 Å². The molecule has 1 aromatic carbocycles. The van der Waals surface area contributed by atoms with E-state index in [9.17, 15) is 4.79 Å². The molecule has 0 spiro atoms. The maximum absolute atomic E-state index is 11.6. The van der Waals surface area contributed by atoms with Crippen LogP contribution in [0.25, 0.3) is 0 Å². The molecule has 4 nitrogen and oxygen atoms in total. The lowest BCUT2D eigenvalue weighted by atomic mass is 10.1. The van der Waals surface area contributed by atoms with E-state index in [1.807, 2.05) is 20.9 Å². The van der Waals surface area contributed by atoms with Gasteiger partial charge in [-0.1, -0.05) is 12.1 Å². The van der Waals surface area contributed by atoms with E-state index in [4.69, 9.17) is 4.74 Å². The van der Waals surface area contributed by atoms with Crippen LogP contribution >= 0.6 is 0 Å². The van der Waals surface area contributed by atoms with Crippen molar-refractivity contribution in [3.05, 3.63) is 28.8 Å². The second-order valence-corrected chi connectivity index (χ2v) is 4.75. The lowest BCUT2D eigenvalue weighted by Crippen LogP contribution is -2.23. The van der Waals surface area contributed by atoms with Crippen molar-refractivity contribution < 1.29 is 9.53 Å². The molecular formula is C15H24N2O2. The first kappa shape index (κ1) is 15.5. The van der Waals surface area contributed by atoms with Crippen LogP contribution in [0.1, 0.15) is 29.5 Å². The van der Waals surface area contributed by atoms with E-state index in [-0.39, 0.29) is 5.91 Å². The summed E-state index contributed by atoms with van der Waals surface area (Å²) in [4.78, 5) is 11.6. The normalized spacial score (nSPS) is 10.3. The average Bonchev–Trinajstić information content (AvgIpc) is 2.36. The summed E-state index contributed by atoms with van der Waals surface area (Å²) in [6, 6.07) is 4.11. The van der Waals surface area contributed by atoms with Crippen LogP contribution in [0, 0.1) is 13.8 Å². The summed E-state index contributed by atoms with van der Waals surface area (Å²) >= 11 is 0. The zero-order chi connectivity index (χ0) is 14.3. The molecule has 1 aromatic rings. The van der Waals surface area contributed by atoms with Crippen molar-refractivity contribution in [2.75, 3.05) is 20.7 Å². The Morgan fingerprint density at radius 1 is 1.26 bits per heavy atom. The topological polar surface area (TPSA) is 50.4 Å². The molecule has 0 aliphatic rings. The summed E-state index contributed by atoms with van der Waals surface area (Å²) in [5.74, 6) is 1.02. The summed E-state index contributed by atoms with van der Waals surface area (Å²) in [5.41, 5.74) is 3.31. The van der Waals surface area contributed by atoms with Gasteiger partial charge in [-0.15, -0.1) is 0 Å². The fraction of sp³-hybridized carbons (Fsp3) is 0.533. The lowest BCUT2D eigenvalue weighted by Gasteiger charge is -2.12. The number of hydrogen-bond acceptors (Lipinski definition) is 3. The van der Waals surface area contributed by atoms with Gasteiger partial charge in [-0.2, -0.15) is 0 Å². The first-order valence-electron chi connectivity index (χ1n) is 6.64. The number of ether oxygens (including phenoxy) is 1. The van der Waals surface area contributed by atoms with Gasteiger partial charge in [0, 0.05) is 13.0 Å². The zero-order valence-corrected chi connectivity index (χ0v) is 12.3. The summed E-state index contributed by atoms with van der Waals surface area (Å²) in [7, 11) is 3.57. The van der Waals surface area contributed by atoms with Crippen LogP contribution in [0.2, 0.25) is 0 Å². The van der Waals surface area contributed by atoms with E-state index in [2.05, 4.69) is 22.8 Å². The predicted molar refractivity (Wildman–Crippen MR) is 77.5 cm³/mol. The van der Waals surface area contributed by atoms with Gasteiger partial charge in [0.2, 0.25) is 5.91 Å². The van der Waals surface area contributed by atoms with Crippen LogP contribution in [-0.2, 0) is 11.3 Å². The van der Waals surface area contributed by atoms with Crippen molar-refractivity contribution in [3.8, 4) is 5.75 Å². The van der Waals surface area contributed by atoms with Gasteiger partial charge in [0.1, 0.15) is 5.75 Å². The minimum atomic E-state index is 0.0985. The maximum atomic E-state index is 11.6. The van der Waals surface area contributed by atoms with Crippen LogP contribution in [0.4, 0.5) is 0 Å². The molecule has 0 unspecified atom stereocenters. The van der Waals surface area contributed by atoms with E-state index >= 15 is 0 Å². The van der Waals surface area contributed by atoms with Gasteiger partial charge in [0.15, 0.2) is 0 Å². The monoisotopic (exact) mass is 264 g/mol. The minimum absolute atomic E-state index is 0.0985. The third kappa shape index (κ3) is 4.91. The lowest BCUT2D eigenvalue weighted by molar-refractivity contribution is -0.121. The number of nitrogens with one attached hydrogen (secondary N) is 2. The Morgan fingerprint density at radius 3 is 2.42 bits per heavy atom. The van der Waals surface area contributed by atoms with Crippen molar-refractivity contribution in [2.45, 2.75) is 33.2 Å². The molecule has 19 heavy (non-hydrogen) atoms. The molecular weight excluding hydrogens is 240 g/mol. The van der Waals surface area contributed by atoms with E-state index in [0.717, 1.165) is 35.4 Å². The Morgan fingerprint density at radius 2 is 1.89 bits per heavy atom. The zero-order valence-electron chi connectivity index (χ0n) is 12.3. The van der Waals surface area contributed by atoms with Crippen LogP contribution in [-0.4, -0.2) is 26.6 Å². The SMILES string of the molecule is CNCCCC(=O)NCc1cc(C)c(OC)c(C)c1. The average molecular weight is 264 g/mol. The van der Waals surface area contributed by atoms with E-state index in [1.54, 1.807) is 7.11 Å². The fourth-order valence-electron chi connectivity index (χ4n) is 2.18. The molecule has 0 aliphatic carbocycles. The van der Waals surface area contributed by atoms with Crippen LogP contribution in [0.3, 0.4) is 0 Å². The molecule has 0 aromatic heterocycles. The van der Waals surface area contributed by atoms with Crippen molar-refractivity contribution in [1.82, 2.24) is 10.6 Å². The van der Waals surface area contributed by atoms with Gasteiger partial charge < -0.3 is 15.4 Å². The number of rotatable bonds is 7. The quantitative estimate of drug-likeness (QED) is 0.740. The molecule has 0 bridgehead atoms. The molecule has 2 N–H and O–H groups in total. The second kappa shape index (κ2) is 7.79. The molecule has 4 heteroatoms. The molecule has 1 amide bonds. The highest BCUT2D eigenvalue weighted by Crippen LogP contribution is 2.24. The smallest absolute Gasteiger partial charge is 0.220 e. The van der Waals surface area contributed by atoms with Crippen molar-refractivity contribution in [1.29, 1.82) is 0 Å². The summed E-state index contributed by atoms with van der Waals surface area (Å²) in [6.07, 6.45) is 1.43. The molecule has 1 rings (SSSR count). The van der Waals surface area contributed by atoms with Crippen molar-refractivity contribution in [3.63, 3.8) is 0 Å². The summed E-state index contributed by atoms with van der Waals surface area (Å²) in [5, 5.41) is 5.97. The molecule has 0 radical (unpaired) electrons. The summed E-state index contributed by atoms with van der Waals surface area (Å²) < 4.78 is 5.33. The van der Waals surface area contributed by atoms with Gasteiger partial charge in [0.05, 0.1) is 7.11 Å². The maximum Gasteiger partial charge on any atom is 0.220 e. The van der Waals surface area contributed by atoms with Gasteiger partial charge >= 0.3 is 0 Å². The Labute approximate surface area is 115 Å². The fourth-order valence-corrected chi connectivity index (χ4v) is 2.18. The Hall–Kier alpha value is -1.55. The molecule has 0 heterocycles. The highest BCUT2D eigenvalue weighted by Gasteiger charge is 2.06. The number of hydrogen-bond donors (Lipinski definition) is 2. The molecule has 0 fully saturated rings. The number of benzene rings is 1. The number of carbonyl (C=O) groups is 1. The Kier molecular flexibility index (Phi) is 6.36. The first-order chi connectivity index (χ1) is 9.08. The third-order valence-electron chi connectivity index (χ3n) is 3.04. The van der Waals surface area contributed by atoms with Crippen LogP contribution < -0.4 is 15.4 Å². The van der Waals surface area contributed by atoms with Gasteiger partial charge in [0.25, 0.3) is 0 Å². The second-order valence-electron chi connectivity index (χ2n) is 4.75. The van der Waals surface area contributed by atoms with Crippen molar-refractivity contribution >= 4 is 5.91 Å². The molecule has 0 atom stereocenters. The number of carbonyl (C=O) groups excluding carboxylic acids is 1. The highest BCUT2D eigenvalue weighted by molar-refractivity contribution is 5.75.